The molecule has 27 heavy (non-hydrogen) atoms. The molecule has 0 aromatic heterocycles. The quantitative estimate of drug-likeness (QED) is 0.630. The number of piperidine rings is 1. The second kappa shape index (κ2) is 11.3. The van der Waals surface area contributed by atoms with Crippen LogP contribution in [0.1, 0.15) is 31.2 Å². The predicted molar refractivity (Wildman–Crippen MR) is 120 cm³/mol. The molecule has 3 N–H and O–H groups in total. The van der Waals surface area contributed by atoms with Gasteiger partial charge in [0, 0.05) is 30.2 Å². The average Bonchev–Trinajstić information content (AvgIpc) is 2.62. The van der Waals surface area contributed by atoms with Gasteiger partial charge in [0.2, 0.25) is 5.91 Å². The molecule has 1 heterocycles. The van der Waals surface area contributed by atoms with E-state index in [1.807, 2.05) is 42.5 Å². The number of amides is 1. The fraction of sp³-hybridized carbons (Fsp3) is 0.350. The number of rotatable bonds is 5. The van der Waals surface area contributed by atoms with E-state index < -0.39 is 0 Å². The maximum Gasteiger partial charge on any atom is 0.224 e. The molecule has 0 spiro atoms. The minimum Gasteiger partial charge on any atom is -0.399 e. The third-order valence-electron chi connectivity index (χ3n) is 4.61. The summed E-state index contributed by atoms with van der Waals surface area (Å²) in [5, 5.41) is 3.66. The number of carbonyl (C=O) groups is 1. The smallest absolute Gasteiger partial charge is 0.224 e. The molecule has 1 aliphatic heterocycles. The third kappa shape index (κ3) is 6.49. The van der Waals surface area contributed by atoms with Gasteiger partial charge in [-0.15, -0.1) is 24.8 Å². The van der Waals surface area contributed by atoms with Crippen LogP contribution in [0.2, 0.25) is 5.02 Å². The molecule has 2 aromatic rings. The van der Waals surface area contributed by atoms with Crippen LogP contribution in [0.25, 0.3) is 0 Å². The highest BCUT2D eigenvalue weighted by Gasteiger charge is 2.16. The number of carbonyl (C=O) groups excluding carboxylic acids is 1. The van der Waals surface area contributed by atoms with E-state index in [1.54, 1.807) is 0 Å². The van der Waals surface area contributed by atoms with Gasteiger partial charge < -0.3 is 16.0 Å². The summed E-state index contributed by atoms with van der Waals surface area (Å²) in [5.74, 6) is -0.0243. The Balaban J connectivity index is 0.00000182. The van der Waals surface area contributed by atoms with Crippen molar-refractivity contribution in [1.82, 2.24) is 0 Å². The fourth-order valence-corrected chi connectivity index (χ4v) is 3.41. The SMILES string of the molecule is Cl.Cl.Nc1ccccc1CCC(=O)Nc1cc(Cl)ccc1N1CCCCC1. The van der Waals surface area contributed by atoms with Gasteiger partial charge >= 0.3 is 0 Å². The van der Waals surface area contributed by atoms with E-state index in [1.165, 1.54) is 19.3 Å². The molecule has 3 rings (SSSR count). The topological polar surface area (TPSA) is 58.4 Å². The Morgan fingerprint density at radius 1 is 1.07 bits per heavy atom. The minimum absolute atomic E-state index is 0. The first-order valence-electron chi connectivity index (χ1n) is 8.81. The number of nitrogens with one attached hydrogen (secondary N) is 1. The Bertz CT molecular complexity index is 749. The normalized spacial score (nSPS) is 13.3. The first-order chi connectivity index (χ1) is 12.1. The molecule has 2 aromatic carbocycles. The number of nitrogens with two attached hydrogens (primary N) is 1. The zero-order chi connectivity index (χ0) is 17.6. The molecule has 0 bridgehead atoms. The Labute approximate surface area is 178 Å². The summed E-state index contributed by atoms with van der Waals surface area (Å²) in [6.45, 7) is 2.04. The Morgan fingerprint density at radius 2 is 1.78 bits per heavy atom. The summed E-state index contributed by atoms with van der Waals surface area (Å²) in [6.07, 6.45) is 4.65. The lowest BCUT2D eigenvalue weighted by atomic mass is 10.1. The number of hydrogen-bond donors (Lipinski definition) is 2. The molecule has 0 radical (unpaired) electrons. The van der Waals surface area contributed by atoms with Gasteiger partial charge in [0.1, 0.15) is 0 Å². The lowest BCUT2D eigenvalue weighted by Gasteiger charge is -2.30. The van der Waals surface area contributed by atoms with Crippen molar-refractivity contribution in [1.29, 1.82) is 0 Å². The molecule has 1 fully saturated rings. The van der Waals surface area contributed by atoms with Crippen LogP contribution in [0, 0.1) is 0 Å². The van der Waals surface area contributed by atoms with E-state index >= 15 is 0 Å². The zero-order valence-corrected chi connectivity index (χ0v) is 17.5. The van der Waals surface area contributed by atoms with Gasteiger partial charge in [-0.05, 0) is 55.5 Å². The van der Waals surface area contributed by atoms with E-state index in [0.29, 0.717) is 17.9 Å². The van der Waals surface area contributed by atoms with Crippen LogP contribution in [0.3, 0.4) is 0 Å². The number of halogens is 3. The van der Waals surface area contributed by atoms with E-state index in [4.69, 9.17) is 17.3 Å². The molecule has 0 saturated carbocycles. The molecule has 1 saturated heterocycles. The standard InChI is InChI=1S/C20H24ClN3O.2ClH/c21-16-9-10-19(24-12-4-1-5-13-24)18(14-16)23-20(25)11-8-15-6-2-3-7-17(15)22;;/h2-3,6-7,9-10,14H,1,4-5,8,11-13,22H2,(H,23,25);2*1H. The largest absolute Gasteiger partial charge is 0.399 e. The Hall–Kier alpha value is -1.62. The second-order valence-corrected chi connectivity index (χ2v) is 6.89. The van der Waals surface area contributed by atoms with Crippen LogP contribution < -0.4 is 16.0 Å². The predicted octanol–water partition coefficient (Wildman–Crippen LogP) is 5.33. The number of benzene rings is 2. The molecule has 0 atom stereocenters. The van der Waals surface area contributed by atoms with Crippen LogP contribution >= 0.6 is 36.4 Å². The zero-order valence-electron chi connectivity index (χ0n) is 15.1. The maximum absolute atomic E-state index is 12.4. The van der Waals surface area contributed by atoms with Crippen LogP contribution in [0.5, 0.6) is 0 Å². The van der Waals surface area contributed by atoms with Crippen molar-refractivity contribution in [3.8, 4) is 0 Å². The molecule has 0 aliphatic carbocycles. The molecular formula is C20H26Cl3N3O. The van der Waals surface area contributed by atoms with Crippen molar-refractivity contribution in [3.05, 3.63) is 53.1 Å². The van der Waals surface area contributed by atoms with E-state index in [2.05, 4.69) is 10.2 Å². The lowest BCUT2D eigenvalue weighted by molar-refractivity contribution is -0.116. The number of nitrogens with zero attached hydrogens (tertiary/aromatic N) is 1. The molecule has 7 heteroatoms. The van der Waals surface area contributed by atoms with Gasteiger partial charge in [-0.25, -0.2) is 0 Å². The van der Waals surface area contributed by atoms with Gasteiger partial charge in [-0.3, -0.25) is 4.79 Å². The van der Waals surface area contributed by atoms with Crippen molar-refractivity contribution < 1.29 is 4.79 Å². The molecular weight excluding hydrogens is 405 g/mol. The van der Waals surface area contributed by atoms with E-state index in [9.17, 15) is 4.79 Å². The first-order valence-corrected chi connectivity index (χ1v) is 9.19. The first kappa shape index (κ1) is 23.4. The van der Waals surface area contributed by atoms with Gasteiger partial charge in [-0.2, -0.15) is 0 Å². The highest BCUT2D eigenvalue weighted by Crippen LogP contribution is 2.31. The highest BCUT2D eigenvalue weighted by molar-refractivity contribution is 6.31. The van der Waals surface area contributed by atoms with Crippen LogP contribution in [-0.4, -0.2) is 19.0 Å². The Morgan fingerprint density at radius 3 is 2.48 bits per heavy atom. The molecule has 148 valence electrons. The monoisotopic (exact) mass is 429 g/mol. The van der Waals surface area contributed by atoms with E-state index in [0.717, 1.165) is 35.7 Å². The summed E-state index contributed by atoms with van der Waals surface area (Å²) in [4.78, 5) is 14.8. The summed E-state index contributed by atoms with van der Waals surface area (Å²) in [5.41, 5.74) is 9.52. The second-order valence-electron chi connectivity index (χ2n) is 6.46. The van der Waals surface area contributed by atoms with Gasteiger partial charge in [0.05, 0.1) is 11.4 Å². The van der Waals surface area contributed by atoms with Crippen LogP contribution in [0.4, 0.5) is 17.1 Å². The van der Waals surface area contributed by atoms with Gasteiger partial charge in [-0.1, -0.05) is 29.8 Å². The van der Waals surface area contributed by atoms with Crippen molar-refractivity contribution in [2.75, 3.05) is 29.0 Å². The molecule has 1 amide bonds. The summed E-state index contributed by atoms with van der Waals surface area (Å²) in [6, 6.07) is 13.4. The van der Waals surface area contributed by atoms with Crippen molar-refractivity contribution in [2.24, 2.45) is 0 Å². The maximum atomic E-state index is 12.4. The van der Waals surface area contributed by atoms with Gasteiger partial charge in [0.15, 0.2) is 0 Å². The fourth-order valence-electron chi connectivity index (χ4n) is 3.24. The summed E-state index contributed by atoms with van der Waals surface area (Å²) < 4.78 is 0. The number of anilines is 3. The average molecular weight is 431 g/mol. The molecule has 4 nitrogen and oxygen atoms in total. The van der Waals surface area contributed by atoms with Crippen LogP contribution in [-0.2, 0) is 11.2 Å². The highest BCUT2D eigenvalue weighted by atomic mass is 35.5. The van der Waals surface area contributed by atoms with Crippen molar-refractivity contribution in [3.63, 3.8) is 0 Å². The number of para-hydroxylation sites is 1. The third-order valence-corrected chi connectivity index (χ3v) is 4.84. The number of hydrogen-bond acceptors (Lipinski definition) is 3. The summed E-state index contributed by atoms with van der Waals surface area (Å²) >= 11 is 6.15. The Kier molecular flexibility index (Phi) is 9.78. The summed E-state index contributed by atoms with van der Waals surface area (Å²) in [7, 11) is 0. The van der Waals surface area contributed by atoms with E-state index in [-0.39, 0.29) is 30.7 Å². The van der Waals surface area contributed by atoms with Gasteiger partial charge in [0.25, 0.3) is 0 Å². The lowest BCUT2D eigenvalue weighted by Crippen LogP contribution is -2.30. The van der Waals surface area contributed by atoms with Crippen molar-refractivity contribution >= 4 is 59.4 Å². The number of aryl methyl sites for hydroxylation is 1. The minimum atomic E-state index is -0.0243. The molecule has 1 aliphatic rings. The molecule has 0 unspecified atom stereocenters. The van der Waals surface area contributed by atoms with Crippen LogP contribution in [0.15, 0.2) is 42.5 Å². The van der Waals surface area contributed by atoms with Crippen molar-refractivity contribution in [2.45, 2.75) is 32.1 Å². The number of nitrogen functional groups attached to an aromatic ring is 1.